The maximum absolute atomic E-state index is 13.9. The van der Waals surface area contributed by atoms with E-state index in [1.165, 1.54) is 30.3 Å². The quantitative estimate of drug-likeness (QED) is 0.720. The molecule has 0 spiro atoms. The third kappa shape index (κ3) is 6.13. The molecule has 5 nitrogen and oxygen atoms in total. The minimum absolute atomic E-state index is 0.0964. The van der Waals surface area contributed by atoms with Crippen LogP contribution in [-0.2, 0) is 6.54 Å². The molecule has 0 aliphatic rings. The van der Waals surface area contributed by atoms with Gasteiger partial charge in [-0.2, -0.15) is 0 Å². The van der Waals surface area contributed by atoms with Crippen molar-refractivity contribution in [2.45, 2.75) is 6.54 Å². The fourth-order valence-electron chi connectivity index (χ4n) is 2.28. The summed E-state index contributed by atoms with van der Waals surface area (Å²) in [5.74, 6) is -0.914. The molecule has 0 fully saturated rings. The first-order chi connectivity index (χ1) is 12.0. The van der Waals surface area contributed by atoms with E-state index in [0.717, 1.165) is 18.7 Å². The minimum atomic E-state index is -0.591. The van der Waals surface area contributed by atoms with Gasteiger partial charge in [-0.1, -0.05) is 6.07 Å². The highest BCUT2D eigenvalue weighted by Gasteiger charge is 2.09. The smallest absolute Gasteiger partial charge is 0.318 e. The van der Waals surface area contributed by atoms with Crippen molar-refractivity contribution in [3.05, 3.63) is 59.7 Å². The van der Waals surface area contributed by atoms with Crippen LogP contribution >= 0.6 is 0 Å². The van der Waals surface area contributed by atoms with Crippen LogP contribution < -0.4 is 16.0 Å². The number of benzene rings is 2. The zero-order valence-corrected chi connectivity index (χ0v) is 14.3. The van der Waals surface area contributed by atoms with Gasteiger partial charge < -0.3 is 20.9 Å². The Balaban J connectivity index is 1.99. The summed E-state index contributed by atoms with van der Waals surface area (Å²) in [6, 6.07) is 9.36. The Kier molecular flexibility index (Phi) is 6.85. The van der Waals surface area contributed by atoms with Crippen molar-refractivity contribution in [2.24, 2.45) is 0 Å². The van der Waals surface area contributed by atoms with Crippen molar-refractivity contribution >= 4 is 17.4 Å². The predicted octanol–water partition coefficient (Wildman–Crippen LogP) is 3.26. The summed E-state index contributed by atoms with van der Waals surface area (Å²) in [4.78, 5) is 14.1. The average Bonchev–Trinajstić information content (AvgIpc) is 2.58. The first kappa shape index (κ1) is 18.8. The number of nitrogens with one attached hydrogen (secondary N) is 3. The molecule has 0 saturated heterocycles. The highest BCUT2D eigenvalue weighted by atomic mass is 19.1. The van der Waals surface area contributed by atoms with E-state index in [2.05, 4.69) is 20.9 Å². The van der Waals surface area contributed by atoms with E-state index < -0.39 is 17.7 Å². The largest absolute Gasteiger partial charge is 0.323 e. The Labute approximate surface area is 146 Å². The van der Waals surface area contributed by atoms with Gasteiger partial charge in [0.25, 0.3) is 0 Å². The predicted molar refractivity (Wildman–Crippen MR) is 95.7 cm³/mol. The van der Waals surface area contributed by atoms with E-state index in [1.54, 1.807) is 12.1 Å². The monoisotopic (exact) mass is 348 g/mol. The summed E-state index contributed by atoms with van der Waals surface area (Å²) in [6.45, 7) is 2.33. The van der Waals surface area contributed by atoms with Gasteiger partial charge >= 0.3 is 6.03 Å². The van der Waals surface area contributed by atoms with E-state index in [1.807, 2.05) is 14.1 Å². The van der Waals surface area contributed by atoms with Crippen LogP contribution in [-0.4, -0.2) is 38.1 Å². The molecule has 0 aliphatic carbocycles. The van der Waals surface area contributed by atoms with Crippen LogP contribution in [0.1, 0.15) is 5.56 Å². The number of halogens is 2. The van der Waals surface area contributed by atoms with E-state index >= 15 is 0 Å². The van der Waals surface area contributed by atoms with Gasteiger partial charge in [-0.25, -0.2) is 13.6 Å². The number of carbonyl (C=O) groups is 1. The van der Waals surface area contributed by atoms with Crippen molar-refractivity contribution in [3.8, 4) is 0 Å². The van der Waals surface area contributed by atoms with Gasteiger partial charge in [0.15, 0.2) is 0 Å². The van der Waals surface area contributed by atoms with Gasteiger partial charge in [0.05, 0.1) is 5.69 Å². The van der Waals surface area contributed by atoms with E-state index in [9.17, 15) is 13.6 Å². The number of nitrogens with zero attached hydrogens (tertiary/aromatic N) is 1. The van der Waals surface area contributed by atoms with Gasteiger partial charge in [-0.05, 0) is 56.1 Å². The summed E-state index contributed by atoms with van der Waals surface area (Å²) >= 11 is 0. The summed E-state index contributed by atoms with van der Waals surface area (Å²) in [5, 5.41) is 8.08. The summed E-state index contributed by atoms with van der Waals surface area (Å²) in [5.41, 5.74) is 1.40. The lowest BCUT2D eigenvalue weighted by Crippen LogP contribution is -2.27. The van der Waals surface area contributed by atoms with Gasteiger partial charge in [-0.15, -0.1) is 0 Å². The molecule has 0 bridgehead atoms. The van der Waals surface area contributed by atoms with Crippen LogP contribution in [0.15, 0.2) is 42.5 Å². The lowest BCUT2D eigenvalue weighted by Gasteiger charge is -2.17. The van der Waals surface area contributed by atoms with E-state index in [0.29, 0.717) is 12.2 Å². The van der Waals surface area contributed by atoms with Crippen LogP contribution in [0, 0.1) is 11.6 Å². The third-order valence-electron chi connectivity index (χ3n) is 3.58. The molecule has 2 amide bonds. The van der Waals surface area contributed by atoms with E-state index in [4.69, 9.17) is 0 Å². The molecular formula is C18H22F2N4O. The molecule has 7 heteroatoms. The number of hydrogen-bond acceptors (Lipinski definition) is 3. The second kappa shape index (κ2) is 9.10. The number of likely N-dealkylation sites (N-methyl/N-ethyl adjacent to an activating group) is 2. The van der Waals surface area contributed by atoms with Crippen molar-refractivity contribution in [1.82, 2.24) is 10.2 Å². The van der Waals surface area contributed by atoms with Crippen LogP contribution in [0.2, 0.25) is 0 Å². The van der Waals surface area contributed by atoms with Gasteiger partial charge in [-0.3, -0.25) is 0 Å². The zero-order valence-electron chi connectivity index (χ0n) is 14.3. The van der Waals surface area contributed by atoms with Crippen LogP contribution in [0.5, 0.6) is 0 Å². The SMILES string of the molecule is CNCCN(C)Cc1ccc(F)c(NC(=O)Nc2ccc(F)cc2)c1. The Morgan fingerprint density at radius 3 is 2.48 bits per heavy atom. The third-order valence-corrected chi connectivity index (χ3v) is 3.58. The molecule has 2 aromatic rings. The molecule has 0 heterocycles. The maximum atomic E-state index is 13.9. The molecule has 0 saturated carbocycles. The molecule has 134 valence electrons. The van der Waals surface area contributed by atoms with Gasteiger partial charge in [0, 0.05) is 25.3 Å². The molecule has 2 rings (SSSR count). The van der Waals surface area contributed by atoms with Gasteiger partial charge in [0.2, 0.25) is 0 Å². The first-order valence-electron chi connectivity index (χ1n) is 7.93. The Bertz CT molecular complexity index is 707. The molecule has 0 unspecified atom stereocenters. The Morgan fingerprint density at radius 1 is 1.08 bits per heavy atom. The molecule has 2 aromatic carbocycles. The summed E-state index contributed by atoms with van der Waals surface area (Å²) < 4.78 is 26.8. The maximum Gasteiger partial charge on any atom is 0.323 e. The van der Waals surface area contributed by atoms with Crippen LogP contribution in [0.4, 0.5) is 25.0 Å². The fraction of sp³-hybridized carbons (Fsp3) is 0.278. The second-order valence-corrected chi connectivity index (χ2v) is 5.74. The van der Waals surface area contributed by atoms with Crippen molar-refractivity contribution in [2.75, 3.05) is 37.8 Å². The number of carbonyl (C=O) groups excluding carboxylic acids is 1. The zero-order chi connectivity index (χ0) is 18.2. The normalized spacial score (nSPS) is 10.8. The summed E-state index contributed by atoms with van der Waals surface area (Å²) in [6.07, 6.45) is 0. The lowest BCUT2D eigenvalue weighted by atomic mass is 10.2. The number of hydrogen-bond donors (Lipinski definition) is 3. The molecule has 0 aromatic heterocycles. The highest BCUT2D eigenvalue weighted by Crippen LogP contribution is 2.18. The van der Waals surface area contributed by atoms with Gasteiger partial charge in [0.1, 0.15) is 11.6 Å². The lowest BCUT2D eigenvalue weighted by molar-refractivity contribution is 0.262. The Hall–Kier alpha value is -2.51. The summed E-state index contributed by atoms with van der Waals surface area (Å²) in [7, 11) is 3.85. The number of rotatable bonds is 7. The van der Waals surface area contributed by atoms with Crippen molar-refractivity contribution < 1.29 is 13.6 Å². The van der Waals surface area contributed by atoms with Crippen LogP contribution in [0.3, 0.4) is 0 Å². The topological polar surface area (TPSA) is 56.4 Å². The first-order valence-corrected chi connectivity index (χ1v) is 7.93. The highest BCUT2D eigenvalue weighted by molar-refractivity contribution is 5.99. The molecule has 0 atom stereocenters. The molecule has 0 aliphatic heterocycles. The number of urea groups is 1. The minimum Gasteiger partial charge on any atom is -0.318 e. The molecular weight excluding hydrogens is 326 g/mol. The molecule has 25 heavy (non-hydrogen) atoms. The molecule has 3 N–H and O–H groups in total. The fourth-order valence-corrected chi connectivity index (χ4v) is 2.28. The standard InChI is InChI=1S/C18H22F2N4O/c1-21-9-10-24(2)12-13-3-8-16(20)17(11-13)23-18(25)22-15-6-4-14(19)5-7-15/h3-8,11,21H,9-10,12H2,1-2H3,(H2,22,23,25). The number of amides is 2. The van der Waals surface area contributed by atoms with Crippen molar-refractivity contribution in [3.63, 3.8) is 0 Å². The second-order valence-electron chi connectivity index (χ2n) is 5.74. The Morgan fingerprint density at radius 2 is 1.80 bits per heavy atom. The number of anilines is 2. The van der Waals surface area contributed by atoms with E-state index in [-0.39, 0.29) is 5.69 Å². The molecule has 0 radical (unpaired) electrons. The average molecular weight is 348 g/mol. The van der Waals surface area contributed by atoms with Crippen LogP contribution in [0.25, 0.3) is 0 Å². The van der Waals surface area contributed by atoms with Crippen molar-refractivity contribution in [1.29, 1.82) is 0 Å².